The molecular weight excluding hydrogens is 300 g/mol. The van der Waals surface area contributed by atoms with Gasteiger partial charge in [-0.3, -0.25) is 9.59 Å². The van der Waals surface area contributed by atoms with E-state index in [1.807, 2.05) is 0 Å². The van der Waals surface area contributed by atoms with Crippen LogP contribution in [0.1, 0.15) is 74.3 Å². The lowest BCUT2D eigenvalue weighted by atomic mass is 9.68. The number of Topliss-reactive ketones (excluding diaryl/α,β-unsaturated/α-hetero) is 2. The maximum Gasteiger partial charge on any atom is 0.234 e. The summed E-state index contributed by atoms with van der Waals surface area (Å²) in [6, 6.07) is -2.17. The Hall–Kier alpha value is -1.90. The molecule has 0 amide bonds. The maximum absolute atomic E-state index is 12.6. The standard InChI is InChI=1S/C21H26O3/c1-21(2,3)14-10-8-13(9-11-14)12-17-18(22)15-6-4-5-7-16(15)19(23)20(17)24/h4-7,13-14,22H,8-12H2,1-3H3/i4D,5D,6D,7D. The van der Waals surface area contributed by atoms with Crippen LogP contribution < -0.4 is 0 Å². The molecule has 1 fully saturated rings. The average molecular weight is 330 g/mol. The van der Waals surface area contributed by atoms with Crippen molar-refractivity contribution in [1.82, 2.24) is 0 Å². The summed E-state index contributed by atoms with van der Waals surface area (Å²) < 4.78 is 31.5. The Morgan fingerprint density at radius 1 is 1.04 bits per heavy atom. The van der Waals surface area contributed by atoms with Crippen molar-refractivity contribution < 1.29 is 20.2 Å². The first-order valence-corrected chi connectivity index (χ1v) is 8.57. The third-order valence-corrected chi connectivity index (χ3v) is 5.48. The number of ketones is 2. The van der Waals surface area contributed by atoms with Crippen molar-refractivity contribution in [3.8, 4) is 0 Å². The summed E-state index contributed by atoms with van der Waals surface area (Å²) in [5.41, 5.74) is -0.449. The maximum atomic E-state index is 12.6. The molecule has 1 aromatic rings. The molecule has 0 aliphatic heterocycles. The molecule has 0 aromatic heterocycles. The number of rotatable bonds is 2. The second-order valence-corrected chi connectivity index (χ2v) is 8.02. The van der Waals surface area contributed by atoms with Crippen LogP contribution >= 0.6 is 0 Å². The van der Waals surface area contributed by atoms with Gasteiger partial charge < -0.3 is 5.11 Å². The molecule has 3 heteroatoms. The molecule has 1 aromatic carbocycles. The number of benzene rings is 1. The van der Waals surface area contributed by atoms with E-state index < -0.39 is 47.1 Å². The summed E-state index contributed by atoms with van der Waals surface area (Å²) in [6.07, 6.45) is 4.12. The molecule has 2 aliphatic carbocycles. The molecule has 128 valence electrons. The van der Waals surface area contributed by atoms with Gasteiger partial charge in [0.05, 0.1) is 5.48 Å². The molecule has 1 N–H and O–H groups in total. The zero-order chi connectivity index (χ0) is 21.0. The van der Waals surface area contributed by atoms with Crippen molar-refractivity contribution in [3.05, 3.63) is 40.9 Å². The van der Waals surface area contributed by atoms with Gasteiger partial charge in [-0.1, -0.05) is 44.9 Å². The van der Waals surface area contributed by atoms with Crippen molar-refractivity contribution in [2.75, 3.05) is 0 Å². The monoisotopic (exact) mass is 330 g/mol. The topological polar surface area (TPSA) is 54.4 Å². The Labute approximate surface area is 149 Å². The molecule has 0 unspecified atom stereocenters. The molecule has 1 saturated carbocycles. The zero-order valence-electron chi connectivity index (χ0n) is 18.5. The molecule has 0 saturated heterocycles. The van der Waals surface area contributed by atoms with E-state index in [1.165, 1.54) is 0 Å². The fourth-order valence-corrected chi connectivity index (χ4v) is 3.88. The minimum absolute atomic E-state index is 0.0123. The number of allylic oxidation sites excluding steroid dienone is 1. The van der Waals surface area contributed by atoms with Gasteiger partial charge in [0, 0.05) is 16.7 Å². The fraction of sp³-hybridized carbons (Fsp3) is 0.524. The van der Waals surface area contributed by atoms with Crippen LogP contribution in [-0.2, 0) is 4.79 Å². The molecular formula is C21H26O3. The van der Waals surface area contributed by atoms with Gasteiger partial charge >= 0.3 is 0 Å². The number of hydrogen-bond acceptors (Lipinski definition) is 3. The first-order valence-electron chi connectivity index (χ1n) is 10.6. The Kier molecular flexibility index (Phi) is 3.22. The summed E-state index contributed by atoms with van der Waals surface area (Å²) in [5.74, 6) is -1.51. The number of carbonyl (C=O) groups excluding carboxylic acids is 2. The van der Waals surface area contributed by atoms with Crippen molar-refractivity contribution in [2.24, 2.45) is 17.3 Å². The Morgan fingerprint density at radius 2 is 1.62 bits per heavy atom. The summed E-state index contributed by atoms with van der Waals surface area (Å²) in [6.45, 7) is 6.67. The minimum atomic E-state index is -0.960. The van der Waals surface area contributed by atoms with E-state index >= 15 is 0 Å². The van der Waals surface area contributed by atoms with E-state index in [0.29, 0.717) is 5.92 Å². The highest BCUT2D eigenvalue weighted by Crippen LogP contribution is 2.42. The Morgan fingerprint density at radius 3 is 2.21 bits per heavy atom. The Balaban J connectivity index is 1.95. The van der Waals surface area contributed by atoms with Crippen LogP contribution in [-0.4, -0.2) is 16.7 Å². The number of carbonyl (C=O) groups is 2. The molecule has 3 nitrogen and oxygen atoms in total. The van der Waals surface area contributed by atoms with Crippen LogP contribution in [0.4, 0.5) is 0 Å². The summed E-state index contributed by atoms with van der Waals surface area (Å²) in [5, 5.41) is 10.7. The van der Waals surface area contributed by atoms with Crippen LogP contribution in [0.25, 0.3) is 5.76 Å². The third-order valence-electron chi connectivity index (χ3n) is 5.48. The minimum Gasteiger partial charge on any atom is -0.507 e. The number of aliphatic hydroxyl groups is 1. The van der Waals surface area contributed by atoms with Crippen LogP contribution in [0.5, 0.6) is 0 Å². The highest BCUT2D eigenvalue weighted by atomic mass is 16.3. The van der Waals surface area contributed by atoms with E-state index in [4.69, 9.17) is 5.48 Å². The van der Waals surface area contributed by atoms with Gasteiger partial charge in [-0.2, -0.15) is 0 Å². The summed E-state index contributed by atoms with van der Waals surface area (Å²) >= 11 is 0. The van der Waals surface area contributed by atoms with E-state index in [9.17, 15) is 14.7 Å². The quantitative estimate of drug-likeness (QED) is 0.779. The van der Waals surface area contributed by atoms with E-state index in [2.05, 4.69) is 20.8 Å². The second kappa shape index (κ2) is 6.19. The molecule has 2 aliphatic rings. The number of fused-ring (bicyclic) bond motifs is 1. The van der Waals surface area contributed by atoms with Crippen molar-refractivity contribution in [2.45, 2.75) is 52.9 Å². The molecule has 0 bridgehead atoms. The normalized spacial score (nSPS) is 27.3. The van der Waals surface area contributed by atoms with Crippen molar-refractivity contribution in [1.29, 1.82) is 0 Å². The largest absolute Gasteiger partial charge is 0.507 e. The fourth-order valence-electron chi connectivity index (χ4n) is 3.88. The first-order chi connectivity index (χ1) is 12.9. The average Bonchev–Trinajstić information content (AvgIpc) is 2.64. The van der Waals surface area contributed by atoms with E-state index in [0.717, 1.165) is 25.7 Å². The van der Waals surface area contributed by atoms with Crippen molar-refractivity contribution in [3.63, 3.8) is 0 Å². The van der Waals surface area contributed by atoms with Crippen molar-refractivity contribution >= 4 is 17.3 Å². The molecule has 0 spiro atoms. The molecule has 0 radical (unpaired) electrons. The van der Waals surface area contributed by atoms with Gasteiger partial charge in [0.25, 0.3) is 0 Å². The Bertz CT molecular complexity index is 888. The third kappa shape index (κ3) is 3.04. The lowest BCUT2D eigenvalue weighted by Crippen LogP contribution is -2.28. The zero-order valence-corrected chi connectivity index (χ0v) is 14.5. The van der Waals surface area contributed by atoms with Crippen LogP contribution in [0.15, 0.2) is 29.7 Å². The predicted octanol–water partition coefficient (Wildman–Crippen LogP) is 4.96. The molecule has 0 atom stereocenters. The lowest BCUT2D eigenvalue weighted by molar-refractivity contribution is -0.112. The van der Waals surface area contributed by atoms with Gasteiger partial charge in [-0.05, 0) is 49.4 Å². The van der Waals surface area contributed by atoms with Gasteiger partial charge in [0.1, 0.15) is 5.76 Å². The van der Waals surface area contributed by atoms with E-state index in [-0.39, 0.29) is 28.9 Å². The molecule has 3 rings (SSSR count). The highest BCUT2D eigenvalue weighted by molar-refractivity contribution is 6.52. The summed E-state index contributed by atoms with van der Waals surface area (Å²) in [4.78, 5) is 25.2. The van der Waals surface area contributed by atoms with Crippen LogP contribution in [0.3, 0.4) is 0 Å². The second-order valence-electron chi connectivity index (χ2n) is 8.02. The first kappa shape index (κ1) is 12.5. The summed E-state index contributed by atoms with van der Waals surface area (Å²) in [7, 11) is 0. The predicted molar refractivity (Wildman–Crippen MR) is 94.8 cm³/mol. The van der Waals surface area contributed by atoms with Crippen LogP contribution in [0.2, 0.25) is 0 Å². The van der Waals surface area contributed by atoms with E-state index in [1.54, 1.807) is 0 Å². The smallest absolute Gasteiger partial charge is 0.234 e. The SMILES string of the molecule is [2H]c1c([2H])c([2H])c2c(c1[2H])C(=O)C(=O)C(CC1CCC(C(C)(C)C)CC1)=C2O. The van der Waals surface area contributed by atoms with Gasteiger partial charge in [0.15, 0.2) is 0 Å². The molecule has 24 heavy (non-hydrogen) atoms. The lowest BCUT2D eigenvalue weighted by Gasteiger charge is -2.37. The molecule has 0 heterocycles. The number of aliphatic hydroxyl groups excluding tert-OH is 1. The van der Waals surface area contributed by atoms with Crippen LogP contribution in [0, 0.1) is 17.3 Å². The van der Waals surface area contributed by atoms with Gasteiger partial charge in [0.2, 0.25) is 11.6 Å². The number of hydrogen-bond donors (Lipinski definition) is 1. The highest BCUT2D eigenvalue weighted by Gasteiger charge is 2.35. The van der Waals surface area contributed by atoms with Gasteiger partial charge in [-0.25, -0.2) is 0 Å². The van der Waals surface area contributed by atoms with Gasteiger partial charge in [-0.15, -0.1) is 0 Å².